The zero-order chi connectivity index (χ0) is 13.1. The van der Waals surface area contributed by atoms with Crippen LogP contribution in [0.2, 0.25) is 0 Å². The van der Waals surface area contributed by atoms with Gasteiger partial charge in [-0.15, -0.1) is 0 Å². The third kappa shape index (κ3) is 1.26. The fourth-order valence-corrected chi connectivity index (χ4v) is 4.40. The van der Waals surface area contributed by atoms with Crippen molar-refractivity contribution < 1.29 is 14.6 Å². The van der Waals surface area contributed by atoms with Gasteiger partial charge < -0.3 is 9.84 Å². The Balaban J connectivity index is 2.05. The Morgan fingerprint density at radius 3 is 2.89 bits per heavy atom. The molecule has 1 N–H and O–H groups in total. The van der Waals surface area contributed by atoms with Gasteiger partial charge in [0, 0.05) is 11.3 Å². The first kappa shape index (κ1) is 12.2. The number of fused-ring (bicyclic) bond motifs is 3. The quantitative estimate of drug-likeness (QED) is 0.530. The van der Waals surface area contributed by atoms with Crippen molar-refractivity contribution in [2.75, 3.05) is 0 Å². The molecule has 0 spiro atoms. The Morgan fingerprint density at radius 1 is 1.44 bits per heavy atom. The number of esters is 1. The third-order valence-electron chi connectivity index (χ3n) is 5.75. The molecule has 2 saturated carbocycles. The summed E-state index contributed by atoms with van der Waals surface area (Å²) >= 11 is 0. The Bertz CT molecular complexity index is 416. The summed E-state index contributed by atoms with van der Waals surface area (Å²) in [5.41, 5.74) is -0.310. The summed E-state index contributed by atoms with van der Waals surface area (Å²) in [4.78, 5) is 11.8. The van der Waals surface area contributed by atoms with E-state index in [1.165, 1.54) is 0 Å². The molecule has 0 amide bonds. The Morgan fingerprint density at radius 2 is 2.17 bits per heavy atom. The predicted molar refractivity (Wildman–Crippen MR) is 67.8 cm³/mol. The molecule has 2 aliphatic carbocycles. The molecular weight excluding hydrogens is 228 g/mol. The molecule has 0 bridgehead atoms. The Kier molecular flexibility index (Phi) is 2.44. The first-order chi connectivity index (χ1) is 8.40. The Hall–Kier alpha value is -0.830. The normalized spacial score (nSPS) is 51.6. The first-order valence-electron chi connectivity index (χ1n) is 7.01. The second-order valence-electron chi connectivity index (χ2n) is 6.63. The van der Waals surface area contributed by atoms with E-state index in [0.717, 1.165) is 37.7 Å². The van der Waals surface area contributed by atoms with Crippen molar-refractivity contribution in [3.8, 4) is 0 Å². The molecule has 3 aliphatic rings. The topological polar surface area (TPSA) is 46.5 Å². The number of hydrogen-bond acceptors (Lipinski definition) is 3. The van der Waals surface area contributed by atoms with Crippen molar-refractivity contribution in [2.24, 2.45) is 17.3 Å². The molecule has 0 radical (unpaired) electrons. The zero-order valence-corrected chi connectivity index (χ0v) is 11.2. The van der Waals surface area contributed by atoms with Crippen LogP contribution in [0.3, 0.4) is 0 Å². The lowest BCUT2D eigenvalue weighted by Crippen LogP contribution is -2.62. The van der Waals surface area contributed by atoms with Crippen molar-refractivity contribution in [3.05, 3.63) is 12.2 Å². The summed E-state index contributed by atoms with van der Waals surface area (Å²) < 4.78 is 5.54. The van der Waals surface area contributed by atoms with E-state index in [0.29, 0.717) is 0 Å². The SMILES string of the molecule is C=C1CCC[C@]2(C)CC[C@H]3[C@H](C)C(=O)O[C@H]3[C@@]12O. The molecule has 0 aromatic heterocycles. The summed E-state index contributed by atoms with van der Waals surface area (Å²) in [6.45, 7) is 8.14. The van der Waals surface area contributed by atoms with Crippen LogP contribution in [0.1, 0.15) is 46.0 Å². The molecule has 1 heterocycles. The van der Waals surface area contributed by atoms with Crippen LogP contribution >= 0.6 is 0 Å². The highest BCUT2D eigenvalue weighted by molar-refractivity contribution is 5.75. The van der Waals surface area contributed by atoms with E-state index in [1.54, 1.807) is 0 Å². The van der Waals surface area contributed by atoms with Crippen LogP contribution in [-0.4, -0.2) is 22.8 Å². The number of ether oxygens (including phenoxy) is 1. The highest BCUT2D eigenvalue weighted by Crippen LogP contribution is 2.59. The summed E-state index contributed by atoms with van der Waals surface area (Å²) in [5, 5.41) is 11.2. The second-order valence-corrected chi connectivity index (χ2v) is 6.63. The molecule has 1 saturated heterocycles. The molecule has 3 heteroatoms. The Labute approximate surface area is 108 Å². The lowest BCUT2D eigenvalue weighted by atomic mass is 9.52. The van der Waals surface area contributed by atoms with E-state index in [1.807, 2.05) is 6.92 Å². The summed E-state index contributed by atoms with van der Waals surface area (Å²) in [6.07, 6.45) is 4.50. The van der Waals surface area contributed by atoms with Crippen LogP contribution in [0.5, 0.6) is 0 Å². The minimum atomic E-state index is -1.01. The van der Waals surface area contributed by atoms with Gasteiger partial charge in [-0.3, -0.25) is 4.79 Å². The molecule has 0 aromatic rings. The van der Waals surface area contributed by atoms with Crippen LogP contribution in [0.4, 0.5) is 0 Å². The van der Waals surface area contributed by atoms with Gasteiger partial charge in [0.25, 0.3) is 0 Å². The van der Waals surface area contributed by atoms with Gasteiger partial charge in [-0.25, -0.2) is 0 Å². The van der Waals surface area contributed by atoms with Crippen LogP contribution in [0.25, 0.3) is 0 Å². The highest BCUT2D eigenvalue weighted by atomic mass is 16.6. The number of rotatable bonds is 0. The molecule has 0 aromatic carbocycles. The van der Waals surface area contributed by atoms with E-state index in [9.17, 15) is 9.90 Å². The van der Waals surface area contributed by atoms with Crippen molar-refractivity contribution in [2.45, 2.75) is 57.7 Å². The number of hydrogen-bond donors (Lipinski definition) is 1. The van der Waals surface area contributed by atoms with Crippen molar-refractivity contribution >= 4 is 5.97 Å². The van der Waals surface area contributed by atoms with Gasteiger partial charge in [-0.1, -0.05) is 20.4 Å². The van der Waals surface area contributed by atoms with Crippen LogP contribution in [0, 0.1) is 17.3 Å². The molecule has 3 rings (SSSR count). The summed E-state index contributed by atoms with van der Waals surface area (Å²) in [7, 11) is 0. The lowest BCUT2D eigenvalue weighted by molar-refractivity contribution is -0.188. The van der Waals surface area contributed by atoms with Crippen LogP contribution in [0.15, 0.2) is 12.2 Å². The maximum Gasteiger partial charge on any atom is 0.309 e. The molecule has 5 atom stereocenters. The average molecular weight is 250 g/mol. The van der Waals surface area contributed by atoms with Gasteiger partial charge in [0.2, 0.25) is 0 Å². The van der Waals surface area contributed by atoms with Gasteiger partial charge in [-0.05, 0) is 37.7 Å². The molecule has 1 aliphatic heterocycles. The average Bonchev–Trinajstić information content (AvgIpc) is 2.61. The summed E-state index contributed by atoms with van der Waals surface area (Å²) in [5.74, 6) is -0.0789. The monoisotopic (exact) mass is 250 g/mol. The smallest absolute Gasteiger partial charge is 0.309 e. The predicted octanol–water partition coefficient (Wildman–Crippen LogP) is 2.44. The molecule has 100 valence electrons. The molecule has 18 heavy (non-hydrogen) atoms. The van der Waals surface area contributed by atoms with Crippen LogP contribution < -0.4 is 0 Å². The van der Waals surface area contributed by atoms with Crippen molar-refractivity contribution in [1.82, 2.24) is 0 Å². The van der Waals surface area contributed by atoms with E-state index < -0.39 is 5.60 Å². The fourth-order valence-electron chi connectivity index (χ4n) is 4.40. The third-order valence-corrected chi connectivity index (χ3v) is 5.75. The van der Waals surface area contributed by atoms with Gasteiger partial charge in [0.15, 0.2) is 0 Å². The van der Waals surface area contributed by atoms with E-state index in [2.05, 4.69) is 13.5 Å². The van der Waals surface area contributed by atoms with Crippen molar-refractivity contribution in [3.63, 3.8) is 0 Å². The van der Waals surface area contributed by atoms with Gasteiger partial charge in [-0.2, -0.15) is 0 Å². The molecular formula is C15H22O3. The second kappa shape index (κ2) is 3.60. The first-order valence-corrected chi connectivity index (χ1v) is 7.01. The van der Waals surface area contributed by atoms with E-state index in [4.69, 9.17) is 4.74 Å². The molecule has 3 fully saturated rings. The standard InChI is InChI=1S/C15H22O3/c1-9-5-4-7-14(3)8-6-11-10(2)13(16)18-12(11)15(9,14)17/h10-12,17H,1,4-8H2,2-3H3/t10-,11-,12+,14+,15-/m0/s1. The van der Waals surface area contributed by atoms with E-state index >= 15 is 0 Å². The van der Waals surface area contributed by atoms with Crippen molar-refractivity contribution in [1.29, 1.82) is 0 Å². The number of carbonyl (C=O) groups excluding carboxylic acids is 1. The zero-order valence-electron chi connectivity index (χ0n) is 11.2. The maximum absolute atomic E-state index is 11.8. The largest absolute Gasteiger partial charge is 0.458 e. The minimum absolute atomic E-state index is 0.0849. The summed E-state index contributed by atoms with van der Waals surface area (Å²) in [6, 6.07) is 0. The fraction of sp³-hybridized carbons (Fsp3) is 0.800. The number of aliphatic hydroxyl groups is 1. The molecule has 0 unspecified atom stereocenters. The number of carbonyl (C=O) groups is 1. The van der Waals surface area contributed by atoms with Gasteiger partial charge in [0.1, 0.15) is 11.7 Å². The van der Waals surface area contributed by atoms with E-state index in [-0.39, 0.29) is 29.3 Å². The van der Waals surface area contributed by atoms with Gasteiger partial charge in [0.05, 0.1) is 5.92 Å². The maximum atomic E-state index is 11.8. The van der Waals surface area contributed by atoms with Gasteiger partial charge >= 0.3 is 5.97 Å². The molecule has 3 nitrogen and oxygen atoms in total. The minimum Gasteiger partial charge on any atom is -0.458 e. The highest BCUT2D eigenvalue weighted by Gasteiger charge is 2.64. The van der Waals surface area contributed by atoms with Crippen LogP contribution in [-0.2, 0) is 9.53 Å². The lowest BCUT2D eigenvalue weighted by Gasteiger charge is -2.56.